The second kappa shape index (κ2) is 5.29. The van der Waals surface area contributed by atoms with Gasteiger partial charge in [0.15, 0.2) is 5.03 Å². The Bertz CT molecular complexity index is 501. The summed E-state index contributed by atoms with van der Waals surface area (Å²) in [5.41, 5.74) is 1.11. The highest BCUT2D eigenvalue weighted by molar-refractivity contribution is 6.42. The zero-order valence-corrected chi connectivity index (χ0v) is 10.7. The molecule has 1 heterocycles. The zero-order chi connectivity index (χ0) is 13.1. The average molecular weight is 270 g/mol. The maximum Gasteiger partial charge on any atom is 0.354 e. The van der Waals surface area contributed by atoms with Crippen LogP contribution in [0, 0.1) is 0 Å². The first-order valence-corrected chi connectivity index (χ1v) is 5.58. The van der Waals surface area contributed by atoms with E-state index in [-0.39, 0.29) is 5.03 Å². The van der Waals surface area contributed by atoms with Crippen molar-refractivity contribution in [2.75, 3.05) is 19.5 Å². The van der Waals surface area contributed by atoms with Crippen LogP contribution in [-0.2, 0) is 14.3 Å². The van der Waals surface area contributed by atoms with Crippen molar-refractivity contribution >= 4 is 23.3 Å². The lowest BCUT2D eigenvalue weighted by molar-refractivity contribution is -0.155. The van der Waals surface area contributed by atoms with Gasteiger partial charge in [-0.3, -0.25) is 0 Å². The van der Waals surface area contributed by atoms with E-state index in [2.05, 4.69) is 5.32 Å². The summed E-state index contributed by atoms with van der Waals surface area (Å²) in [6.45, 7) is 0. The van der Waals surface area contributed by atoms with Crippen molar-refractivity contribution in [1.82, 2.24) is 0 Å². The molecule has 1 aliphatic rings. The quantitative estimate of drug-likeness (QED) is 0.848. The summed E-state index contributed by atoms with van der Waals surface area (Å²) in [6, 6.07) is 7.21. The van der Waals surface area contributed by atoms with Crippen molar-refractivity contribution in [1.29, 1.82) is 0 Å². The van der Waals surface area contributed by atoms with Crippen LogP contribution in [0.5, 0.6) is 5.75 Å². The number of halogens is 1. The third kappa shape index (κ3) is 2.42. The van der Waals surface area contributed by atoms with E-state index in [0.717, 1.165) is 5.69 Å². The van der Waals surface area contributed by atoms with Gasteiger partial charge in [0.05, 0.1) is 7.11 Å². The summed E-state index contributed by atoms with van der Waals surface area (Å²) in [5, 5.41) is 2.98. The van der Waals surface area contributed by atoms with Gasteiger partial charge in [-0.05, 0) is 12.1 Å². The van der Waals surface area contributed by atoms with Crippen LogP contribution >= 0.6 is 11.6 Å². The standard InChI is InChI=1S/C12H12ClNO4/c1-16-8-5-3-4-7(6-8)14-10-9(13)11(15)18-12(10)17-2/h3-6,12,14H,1-2H3. The molecule has 2 rings (SSSR count). The van der Waals surface area contributed by atoms with Crippen LogP contribution in [0.4, 0.5) is 5.69 Å². The van der Waals surface area contributed by atoms with E-state index in [1.165, 1.54) is 7.11 Å². The summed E-state index contributed by atoms with van der Waals surface area (Å²) in [5.74, 6) is 0.0878. The molecule has 0 aliphatic carbocycles. The molecule has 0 amide bonds. The molecule has 0 aromatic heterocycles. The number of hydrogen-bond donors (Lipinski definition) is 1. The molecule has 1 unspecified atom stereocenters. The average Bonchev–Trinajstić information content (AvgIpc) is 2.67. The van der Waals surface area contributed by atoms with Crippen LogP contribution in [0.1, 0.15) is 0 Å². The molecular formula is C12H12ClNO4. The largest absolute Gasteiger partial charge is 0.497 e. The Hall–Kier alpha value is -1.72. The number of anilines is 1. The van der Waals surface area contributed by atoms with Gasteiger partial charge in [0.25, 0.3) is 0 Å². The smallest absolute Gasteiger partial charge is 0.354 e. The summed E-state index contributed by atoms with van der Waals surface area (Å²) in [6.07, 6.45) is -0.809. The minimum Gasteiger partial charge on any atom is -0.497 e. The monoisotopic (exact) mass is 269 g/mol. The molecule has 0 fully saturated rings. The van der Waals surface area contributed by atoms with Crippen LogP contribution in [0.25, 0.3) is 0 Å². The predicted octanol–water partition coefficient (Wildman–Crippen LogP) is 2.09. The van der Waals surface area contributed by atoms with Crippen molar-refractivity contribution in [3.63, 3.8) is 0 Å². The Morgan fingerprint density at radius 2 is 2.17 bits per heavy atom. The molecule has 0 radical (unpaired) electrons. The van der Waals surface area contributed by atoms with Gasteiger partial charge in [-0.15, -0.1) is 0 Å². The lowest BCUT2D eigenvalue weighted by atomic mass is 10.3. The number of rotatable bonds is 4. The van der Waals surface area contributed by atoms with Gasteiger partial charge >= 0.3 is 5.97 Å². The first kappa shape index (κ1) is 12.7. The lowest BCUT2D eigenvalue weighted by Crippen LogP contribution is -2.18. The molecule has 18 heavy (non-hydrogen) atoms. The lowest BCUT2D eigenvalue weighted by Gasteiger charge is -2.14. The van der Waals surface area contributed by atoms with Crippen molar-refractivity contribution in [3.05, 3.63) is 35.0 Å². The van der Waals surface area contributed by atoms with Gasteiger partial charge in [0.2, 0.25) is 6.29 Å². The molecular weight excluding hydrogens is 258 g/mol. The topological polar surface area (TPSA) is 56.8 Å². The normalized spacial score (nSPS) is 18.8. The van der Waals surface area contributed by atoms with Gasteiger partial charge in [0.1, 0.15) is 11.4 Å². The third-order valence-corrected chi connectivity index (χ3v) is 2.79. The van der Waals surface area contributed by atoms with Gasteiger partial charge in [-0.25, -0.2) is 4.79 Å². The number of esters is 1. The number of hydrogen-bond acceptors (Lipinski definition) is 5. The fraction of sp³-hybridized carbons (Fsp3) is 0.250. The Morgan fingerprint density at radius 1 is 1.39 bits per heavy atom. The molecule has 1 aromatic rings. The van der Waals surface area contributed by atoms with E-state index < -0.39 is 12.3 Å². The molecule has 1 N–H and O–H groups in total. The molecule has 0 bridgehead atoms. The highest BCUT2D eigenvalue weighted by Crippen LogP contribution is 2.28. The van der Waals surface area contributed by atoms with E-state index >= 15 is 0 Å². The number of carbonyl (C=O) groups excluding carboxylic acids is 1. The molecule has 0 saturated heterocycles. The molecule has 96 valence electrons. The highest BCUT2D eigenvalue weighted by Gasteiger charge is 2.33. The molecule has 5 nitrogen and oxygen atoms in total. The van der Waals surface area contributed by atoms with E-state index in [4.69, 9.17) is 25.8 Å². The van der Waals surface area contributed by atoms with Crippen LogP contribution < -0.4 is 10.1 Å². The summed E-state index contributed by atoms with van der Waals surface area (Å²) >= 11 is 5.86. The van der Waals surface area contributed by atoms with E-state index in [1.54, 1.807) is 13.2 Å². The molecule has 0 saturated carbocycles. The van der Waals surface area contributed by atoms with E-state index in [1.807, 2.05) is 18.2 Å². The summed E-state index contributed by atoms with van der Waals surface area (Å²) in [7, 11) is 3.01. The minimum atomic E-state index is -0.809. The Kier molecular flexibility index (Phi) is 3.74. The van der Waals surface area contributed by atoms with E-state index in [9.17, 15) is 4.79 Å². The summed E-state index contributed by atoms with van der Waals surface area (Å²) in [4.78, 5) is 11.3. The zero-order valence-electron chi connectivity index (χ0n) is 9.90. The number of cyclic esters (lactones) is 1. The number of methoxy groups -OCH3 is 2. The fourth-order valence-corrected chi connectivity index (χ4v) is 1.74. The van der Waals surface area contributed by atoms with Crippen molar-refractivity contribution in [2.24, 2.45) is 0 Å². The van der Waals surface area contributed by atoms with Gasteiger partial charge in [-0.1, -0.05) is 17.7 Å². The predicted molar refractivity (Wildman–Crippen MR) is 66.4 cm³/mol. The van der Waals surface area contributed by atoms with Crippen LogP contribution in [0.2, 0.25) is 0 Å². The van der Waals surface area contributed by atoms with E-state index in [0.29, 0.717) is 11.4 Å². The van der Waals surface area contributed by atoms with Crippen LogP contribution in [0.3, 0.4) is 0 Å². The molecule has 1 aromatic carbocycles. The van der Waals surface area contributed by atoms with Crippen LogP contribution in [0.15, 0.2) is 35.0 Å². The fourth-order valence-electron chi connectivity index (χ4n) is 1.56. The van der Waals surface area contributed by atoms with Gasteiger partial charge in [0, 0.05) is 18.9 Å². The maximum absolute atomic E-state index is 11.3. The Balaban J connectivity index is 2.24. The first-order chi connectivity index (χ1) is 8.65. The maximum atomic E-state index is 11.3. The van der Waals surface area contributed by atoms with Crippen molar-refractivity contribution in [3.8, 4) is 5.75 Å². The Labute approximate surface area is 109 Å². The number of ether oxygens (including phenoxy) is 3. The van der Waals surface area contributed by atoms with Gasteiger partial charge in [-0.2, -0.15) is 0 Å². The Morgan fingerprint density at radius 3 is 2.83 bits per heavy atom. The second-order valence-electron chi connectivity index (χ2n) is 3.56. The number of benzene rings is 1. The minimum absolute atomic E-state index is 0.00956. The SMILES string of the molecule is COc1cccc(NC2=C(Cl)C(=O)OC2OC)c1. The van der Waals surface area contributed by atoms with Crippen molar-refractivity contribution in [2.45, 2.75) is 6.29 Å². The molecule has 1 atom stereocenters. The summed E-state index contributed by atoms with van der Waals surface area (Å²) < 4.78 is 15.0. The first-order valence-electron chi connectivity index (χ1n) is 5.20. The molecule has 0 spiro atoms. The number of nitrogens with one attached hydrogen (secondary N) is 1. The molecule has 6 heteroatoms. The van der Waals surface area contributed by atoms with Crippen molar-refractivity contribution < 1.29 is 19.0 Å². The van der Waals surface area contributed by atoms with Gasteiger partial charge < -0.3 is 19.5 Å². The molecule has 1 aliphatic heterocycles. The third-order valence-electron chi connectivity index (χ3n) is 2.43. The highest BCUT2D eigenvalue weighted by atomic mass is 35.5. The van der Waals surface area contributed by atoms with Crippen LogP contribution in [-0.4, -0.2) is 26.5 Å². The second-order valence-corrected chi connectivity index (χ2v) is 3.94. The number of carbonyl (C=O) groups is 1.